The van der Waals surface area contributed by atoms with E-state index in [0.717, 1.165) is 31.4 Å². The van der Waals surface area contributed by atoms with Crippen molar-refractivity contribution in [3.8, 4) is 0 Å². The standard InChI is InChI=1S/C16H34N4O2S.HI/c1-14-6-11-20(12-7-14)10-5-9-18-16(17-3)19-15(2)8-13-23(4,21)22;/h14-15H,5-13H2,1-4H3,(H2,17,18,19);1H. The number of piperidine rings is 1. The quantitative estimate of drug-likeness (QED) is 0.243. The zero-order valence-electron chi connectivity index (χ0n) is 15.5. The Kier molecular flexibility index (Phi) is 12.2. The van der Waals surface area contributed by atoms with Crippen LogP contribution < -0.4 is 10.6 Å². The summed E-state index contributed by atoms with van der Waals surface area (Å²) in [7, 11) is -1.16. The van der Waals surface area contributed by atoms with Crippen molar-refractivity contribution in [2.75, 3.05) is 45.2 Å². The minimum absolute atomic E-state index is 0. The monoisotopic (exact) mass is 474 g/mol. The van der Waals surface area contributed by atoms with Crippen molar-refractivity contribution in [2.45, 2.75) is 45.6 Å². The van der Waals surface area contributed by atoms with E-state index in [1.54, 1.807) is 7.05 Å². The zero-order chi connectivity index (χ0) is 17.3. The molecule has 1 rings (SSSR count). The first-order valence-corrected chi connectivity index (χ1v) is 10.7. The van der Waals surface area contributed by atoms with Crippen molar-refractivity contribution in [3.63, 3.8) is 0 Å². The molecule has 0 aromatic rings. The number of sulfone groups is 1. The van der Waals surface area contributed by atoms with Gasteiger partial charge < -0.3 is 15.5 Å². The number of hydrogen-bond acceptors (Lipinski definition) is 4. The highest BCUT2D eigenvalue weighted by Crippen LogP contribution is 2.15. The van der Waals surface area contributed by atoms with Gasteiger partial charge in [-0.3, -0.25) is 4.99 Å². The highest BCUT2D eigenvalue weighted by molar-refractivity contribution is 14.0. The zero-order valence-corrected chi connectivity index (χ0v) is 18.7. The molecule has 0 aromatic carbocycles. The van der Waals surface area contributed by atoms with Crippen LogP contribution in [0, 0.1) is 5.92 Å². The highest BCUT2D eigenvalue weighted by atomic mass is 127. The van der Waals surface area contributed by atoms with Gasteiger partial charge in [0.15, 0.2) is 5.96 Å². The Labute approximate surface area is 165 Å². The molecule has 24 heavy (non-hydrogen) atoms. The predicted molar refractivity (Wildman–Crippen MR) is 113 cm³/mol. The van der Waals surface area contributed by atoms with Gasteiger partial charge in [0.05, 0.1) is 5.75 Å². The number of guanidine groups is 1. The largest absolute Gasteiger partial charge is 0.356 e. The fourth-order valence-electron chi connectivity index (χ4n) is 2.69. The van der Waals surface area contributed by atoms with Gasteiger partial charge in [0.1, 0.15) is 9.84 Å². The number of hydrogen-bond donors (Lipinski definition) is 2. The van der Waals surface area contributed by atoms with E-state index in [9.17, 15) is 8.42 Å². The summed E-state index contributed by atoms with van der Waals surface area (Å²) >= 11 is 0. The summed E-state index contributed by atoms with van der Waals surface area (Å²) in [6.45, 7) is 8.75. The summed E-state index contributed by atoms with van der Waals surface area (Å²) in [6, 6.07) is 0.0829. The van der Waals surface area contributed by atoms with Crippen molar-refractivity contribution in [2.24, 2.45) is 10.9 Å². The second kappa shape index (κ2) is 12.3. The molecule has 1 saturated heterocycles. The minimum atomic E-state index is -2.90. The summed E-state index contributed by atoms with van der Waals surface area (Å²) in [5.41, 5.74) is 0. The lowest BCUT2D eigenvalue weighted by molar-refractivity contribution is 0.191. The average Bonchev–Trinajstić information content (AvgIpc) is 2.49. The van der Waals surface area contributed by atoms with Crippen LogP contribution in [-0.2, 0) is 9.84 Å². The Morgan fingerprint density at radius 1 is 1.33 bits per heavy atom. The lowest BCUT2D eigenvalue weighted by Gasteiger charge is -2.30. The fourth-order valence-corrected chi connectivity index (χ4v) is 3.47. The van der Waals surface area contributed by atoms with Crippen LogP contribution in [-0.4, -0.2) is 70.6 Å². The third kappa shape index (κ3) is 11.5. The lowest BCUT2D eigenvalue weighted by Crippen LogP contribution is -2.43. The Bertz CT molecular complexity index is 463. The number of likely N-dealkylation sites (tertiary alicyclic amines) is 1. The minimum Gasteiger partial charge on any atom is -0.356 e. The van der Waals surface area contributed by atoms with Gasteiger partial charge in [-0.15, -0.1) is 24.0 Å². The van der Waals surface area contributed by atoms with Gasteiger partial charge in [-0.2, -0.15) is 0 Å². The maximum Gasteiger partial charge on any atom is 0.191 e. The second-order valence-electron chi connectivity index (χ2n) is 6.84. The summed E-state index contributed by atoms with van der Waals surface area (Å²) in [5.74, 6) is 1.82. The molecule has 0 aromatic heterocycles. The van der Waals surface area contributed by atoms with Gasteiger partial charge in [0, 0.05) is 25.9 Å². The number of aliphatic imine (C=N–C) groups is 1. The number of nitrogens with zero attached hydrogens (tertiary/aromatic N) is 2. The van der Waals surface area contributed by atoms with E-state index in [0.29, 0.717) is 6.42 Å². The molecule has 0 spiro atoms. The van der Waals surface area contributed by atoms with Gasteiger partial charge >= 0.3 is 0 Å². The molecule has 6 nitrogen and oxygen atoms in total. The first-order valence-electron chi connectivity index (χ1n) is 8.67. The molecule has 8 heteroatoms. The van der Waals surface area contributed by atoms with Crippen LogP contribution in [0.25, 0.3) is 0 Å². The van der Waals surface area contributed by atoms with E-state index >= 15 is 0 Å². The third-order valence-corrected chi connectivity index (χ3v) is 5.33. The predicted octanol–water partition coefficient (Wildman–Crippen LogP) is 1.71. The smallest absolute Gasteiger partial charge is 0.191 e. The van der Waals surface area contributed by atoms with Crippen LogP contribution in [0.3, 0.4) is 0 Å². The van der Waals surface area contributed by atoms with Crippen LogP contribution in [0.15, 0.2) is 4.99 Å². The molecule has 1 heterocycles. The van der Waals surface area contributed by atoms with Crippen LogP contribution in [0.2, 0.25) is 0 Å². The van der Waals surface area contributed by atoms with Crippen molar-refractivity contribution in [1.82, 2.24) is 15.5 Å². The SMILES string of the molecule is CN=C(NCCCN1CCC(C)CC1)NC(C)CCS(C)(=O)=O.I. The maximum absolute atomic E-state index is 11.2. The Morgan fingerprint density at radius 3 is 2.50 bits per heavy atom. The molecule has 1 fully saturated rings. The molecular weight excluding hydrogens is 439 g/mol. The summed E-state index contributed by atoms with van der Waals surface area (Å²) in [4.78, 5) is 6.73. The molecule has 0 amide bonds. The number of halogens is 1. The van der Waals surface area contributed by atoms with E-state index in [1.807, 2.05) is 6.92 Å². The van der Waals surface area contributed by atoms with Crippen LogP contribution >= 0.6 is 24.0 Å². The van der Waals surface area contributed by atoms with Crippen molar-refractivity contribution >= 4 is 39.8 Å². The normalized spacial score (nSPS) is 18.8. The van der Waals surface area contributed by atoms with Gasteiger partial charge in [-0.05, 0) is 58.2 Å². The molecule has 1 atom stereocenters. The van der Waals surface area contributed by atoms with Gasteiger partial charge in [0.2, 0.25) is 0 Å². The first-order chi connectivity index (χ1) is 10.8. The molecule has 0 saturated carbocycles. The second-order valence-corrected chi connectivity index (χ2v) is 9.10. The molecule has 144 valence electrons. The topological polar surface area (TPSA) is 73.8 Å². The number of rotatable bonds is 8. The molecule has 1 unspecified atom stereocenters. The van der Waals surface area contributed by atoms with E-state index in [-0.39, 0.29) is 35.8 Å². The van der Waals surface area contributed by atoms with E-state index in [2.05, 4.69) is 27.4 Å². The van der Waals surface area contributed by atoms with Gasteiger partial charge in [0.25, 0.3) is 0 Å². The third-order valence-electron chi connectivity index (χ3n) is 4.35. The molecule has 0 radical (unpaired) electrons. The molecule has 1 aliphatic heterocycles. The Balaban J connectivity index is 0.00000529. The van der Waals surface area contributed by atoms with Crippen LogP contribution in [0.1, 0.15) is 39.5 Å². The van der Waals surface area contributed by atoms with Crippen LogP contribution in [0.4, 0.5) is 0 Å². The first kappa shape index (κ1) is 23.9. The molecule has 0 bridgehead atoms. The Morgan fingerprint density at radius 2 is 1.96 bits per heavy atom. The summed E-state index contributed by atoms with van der Waals surface area (Å²) in [5, 5.41) is 6.55. The fraction of sp³-hybridized carbons (Fsp3) is 0.938. The average molecular weight is 474 g/mol. The van der Waals surface area contributed by atoms with Gasteiger partial charge in [-0.25, -0.2) is 8.42 Å². The maximum atomic E-state index is 11.2. The molecule has 2 N–H and O–H groups in total. The highest BCUT2D eigenvalue weighted by Gasteiger charge is 2.15. The van der Waals surface area contributed by atoms with Crippen molar-refractivity contribution < 1.29 is 8.42 Å². The van der Waals surface area contributed by atoms with Crippen molar-refractivity contribution in [1.29, 1.82) is 0 Å². The lowest BCUT2D eigenvalue weighted by atomic mass is 9.99. The Hall–Kier alpha value is -0.0900. The van der Waals surface area contributed by atoms with E-state index in [1.165, 1.54) is 32.2 Å². The van der Waals surface area contributed by atoms with Crippen LogP contribution in [0.5, 0.6) is 0 Å². The number of nitrogens with one attached hydrogen (secondary N) is 2. The van der Waals surface area contributed by atoms with Crippen molar-refractivity contribution in [3.05, 3.63) is 0 Å². The van der Waals surface area contributed by atoms with E-state index < -0.39 is 9.84 Å². The molecule has 1 aliphatic rings. The molecule has 0 aliphatic carbocycles. The summed E-state index contributed by atoms with van der Waals surface area (Å²) < 4.78 is 22.4. The van der Waals surface area contributed by atoms with E-state index in [4.69, 9.17) is 0 Å². The summed E-state index contributed by atoms with van der Waals surface area (Å²) in [6.07, 6.45) is 5.58. The molecular formula is C16H35IN4O2S. The van der Waals surface area contributed by atoms with Gasteiger partial charge in [-0.1, -0.05) is 6.92 Å².